The number of hydrogen-bond donors (Lipinski definition) is 2. The van der Waals surface area contributed by atoms with Crippen LogP contribution in [0.2, 0.25) is 0 Å². The van der Waals surface area contributed by atoms with E-state index in [1.807, 2.05) is 0 Å². The molecule has 0 aromatic rings. The van der Waals surface area contributed by atoms with Crippen LogP contribution in [-0.2, 0) is 0 Å². The number of hydrogen-bond acceptors (Lipinski definition) is 2. The molecule has 0 heterocycles. The first-order valence-electron chi connectivity index (χ1n) is 3.69. The van der Waals surface area contributed by atoms with Crippen molar-refractivity contribution in [2.45, 2.75) is 37.2 Å². The van der Waals surface area contributed by atoms with Gasteiger partial charge in [-0.1, -0.05) is 0 Å². The molecule has 4 heteroatoms. The van der Waals surface area contributed by atoms with Crippen LogP contribution in [0.3, 0.4) is 0 Å². The maximum absolute atomic E-state index is 12.5. The summed E-state index contributed by atoms with van der Waals surface area (Å²) in [5.41, 5.74) is -1.25. The maximum Gasteiger partial charge on any atom is 0.248 e. The lowest BCUT2D eigenvalue weighted by Gasteiger charge is -2.34. The zero-order valence-electron chi connectivity index (χ0n) is 6.19. The Labute approximate surface area is 63.8 Å². The number of halogens is 2. The van der Waals surface area contributed by atoms with Gasteiger partial charge in [0.25, 0.3) is 0 Å². The summed E-state index contributed by atoms with van der Waals surface area (Å²) in [7, 11) is 0. The number of alkyl halides is 2. The van der Waals surface area contributed by atoms with Gasteiger partial charge in [-0.25, -0.2) is 8.78 Å². The molecule has 0 aliphatic heterocycles. The van der Waals surface area contributed by atoms with E-state index in [4.69, 9.17) is 5.11 Å². The third-order valence-electron chi connectivity index (χ3n) is 2.21. The van der Waals surface area contributed by atoms with E-state index < -0.39 is 18.1 Å². The van der Waals surface area contributed by atoms with Crippen molar-refractivity contribution < 1.29 is 19.0 Å². The number of rotatable bonds is 1. The third kappa shape index (κ3) is 2.10. The minimum absolute atomic E-state index is 0.00347. The monoisotopic (exact) mass is 166 g/mol. The fourth-order valence-corrected chi connectivity index (χ4v) is 1.24. The zero-order chi connectivity index (χ0) is 8.54. The van der Waals surface area contributed by atoms with E-state index in [1.165, 1.54) is 0 Å². The molecule has 1 rings (SSSR count). The van der Waals surface area contributed by atoms with E-state index in [0.717, 1.165) is 0 Å². The molecule has 0 saturated heterocycles. The van der Waals surface area contributed by atoms with E-state index in [-0.39, 0.29) is 25.7 Å². The van der Waals surface area contributed by atoms with Gasteiger partial charge in [0, 0.05) is 12.8 Å². The van der Waals surface area contributed by atoms with Crippen LogP contribution in [-0.4, -0.2) is 28.3 Å². The zero-order valence-corrected chi connectivity index (χ0v) is 6.19. The standard InChI is InChI=1S/C7H12F2O2/c8-7(9)3-1-6(11,5-10)2-4-7/h10-11H,1-5H2. The molecule has 11 heavy (non-hydrogen) atoms. The molecule has 0 aromatic carbocycles. The summed E-state index contributed by atoms with van der Waals surface area (Å²) in [4.78, 5) is 0. The first kappa shape index (κ1) is 8.87. The highest BCUT2D eigenvalue weighted by atomic mass is 19.3. The molecule has 0 bridgehead atoms. The molecule has 0 atom stereocenters. The Balaban J connectivity index is 2.48. The van der Waals surface area contributed by atoms with Gasteiger partial charge in [-0.05, 0) is 12.8 Å². The van der Waals surface area contributed by atoms with Gasteiger partial charge in [0.2, 0.25) is 5.92 Å². The summed E-state index contributed by atoms with van der Waals surface area (Å²) < 4.78 is 25.0. The maximum atomic E-state index is 12.5. The highest BCUT2D eigenvalue weighted by molar-refractivity contribution is 4.87. The average Bonchev–Trinajstić information content (AvgIpc) is 1.97. The molecule has 0 radical (unpaired) electrons. The Bertz CT molecular complexity index is 137. The minimum atomic E-state index is -2.64. The topological polar surface area (TPSA) is 40.5 Å². The van der Waals surface area contributed by atoms with Crippen LogP contribution < -0.4 is 0 Å². The molecule has 1 saturated carbocycles. The Morgan fingerprint density at radius 3 is 1.91 bits per heavy atom. The fraction of sp³-hybridized carbons (Fsp3) is 1.00. The normalized spacial score (nSPS) is 28.4. The Morgan fingerprint density at radius 1 is 1.09 bits per heavy atom. The first-order chi connectivity index (χ1) is 4.97. The summed E-state index contributed by atoms with van der Waals surface area (Å²) in [5.74, 6) is -2.64. The van der Waals surface area contributed by atoms with Gasteiger partial charge in [0.05, 0.1) is 12.2 Å². The van der Waals surface area contributed by atoms with Crippen LogP contribution in [0.25, 0.3) is 0 Å². The summed E-state index contributed by atoms with van der Waals surface area (Å²) in [6, 6.07) is 0. The van der Waals surface area contributed by atoms with Crippen molar-refractivity contribution in [1.82, 2.24) is 0 Å². The highest BCUT2D eigenvalue weighted by Gasteiger charge is 2.41. The van der Waals surface area contributed by atoms with Crippen molar-refractivity contribution in [3.8, 4) is 0 Å². The summed E-state index contributed by atoms with van der Waals surface area (Å²) in [6.07, 6.45) is -0.638. The molecule has 1 aliphatic carbocycles. The first-order valence-corrected chi connectivity index (χ1v) is 3.69. The van der Waals surface area contributed by atoms with Crippen molar-refractivity contribution >= 4 is 0 Å². The average molecular weight is 166 g/mol. The van der Waals surface area contributed by atoms with Gasteiger partial charge in [-0.3, -0.25) is 0 Å². The minimum Gasteiger partial charge on any atom is -0.393 e. The second-order valence-electron chi connectivity index (χ2n) is 3.24. The van der Waals surface area contributed by atoms with Gasteiger partial charge in [-0.15, -0.1) is 0 Å². The van der Waals surface area contributed by atoms with Crippen molar-refractivity contribution in [2.24, 2.45) is 0 Å². The lowest BCUT2D eigenvalue weighted by Crippen LogP contribution is -2.41. The predicted octanol–water partition coefficient (Wildman–Crippen LogP) is 0.919. The van der Waals surface area contributed by atoms with Gasteiger partial charge < -0.3 is 10.2 Å². The van der Waals surface area contributed by atoms with E-state index >= 15 is 0 Å². The summed E-state index contributed by atoms with van der Waals surface area (Å²) in [6.45, 7) is -0.414. The third-order valence-corrected chi connectivity index (χ3v) is 2.21. The molecule has 0 spiro atoms. The van der Waals surface area contributed by atoms with Crippen LogP contribution >= 0.6 is 0 Å². The van der Waals surface area contributed by atoms with E-state index in [0.29, 0.717) is 0 Å². The van der Waals surface area contributed by atoms with E-state index in [9.17, 15) is 13.9 Å². The highest BCUT2D eigenvalue weighted by Crippen LogP contribution is 2.37. The molecule has 1 aliphatic rings. The van der Waals surface area contributed by atoms with Crippen LogP contribution in [0, 0.1) is 0 Å². The molecule has 0 aromatic heterocycles. The molecule has 66 valence electrons. The van der Waals surface area contributed by atoms with Crippen molar-refractivity contribution in [3.05, 3.63) is 0 Å². The van der Waals surface area contributed by atoms with Gasteiger partial charge in [0.15, 0.2) is 0 Å². The van der Waals surface area contributed by atoms with E-state index in [1.54, 1.807) is 0 Å². The molecule has 0 unspecified atom stereocenters. The van der Waals surface area contributed by atoms with Crippen molar-refractivity contribution in [2.75, 3.05) is 6.61 Å². The Hall–Kier alpha value is -0.220. The SMILES string of the molecule is OCC1(O)CCC(F)(F)CC1. The molecular weight excluding hydrogens is 154 g/mol. The van der Waals surface area contributed by atoms with Crippen molar-refractivity contribution in [3.63, 3.8) is 0 Å². The summed E-state index contributed by atoms with van der Waals surface area (Å²) in [5, 5.41) is 18.0. The molecular formula is C7H12F2O2. The lowest BCUT2D eigenvalue weighted by molar-refractivity contribution is -0.119. The second kappa shape index (κ2) is 2.68. The summed E-state index contributed by atoms with van der Waals surface area (Å²) >= 11 is 0. The van der Waals surface area contributed by atoms with Gasteiger partial charge in [-0.2, -0.15) is 0 Å². The van der Waals surface area contributed by atoms with Crippen LogP contribution in [0.15, 0.2) is 0 Å². The largest absolute Gasteiger partial charge is 0.393 e. The van der Waals surface area contributed by atoms with Crippen LogP contribution in [0.4, 0.5) is 8.78 Å². The quantitative estimate of drug-likeness (QED) is 0.608. The van der Waals surface area contributed by atoms with Crippen molar-refractivity contribution in [1.29, 1.82) is 0 Å². The smallest absolute Gasteiger partial charge is 0.248 e. The second-order valence-corrected chi connectivity index (χ2v) is 3.24. The predicted molar refractivity (Wildman–Crippen MR) is 35.5 cm³/mol. The van der Waals surface area contributed by atoms with Crippen LogP contribution in [0.5, 0.6) is 0 Å². The van der Waals surface area contributed by atoms with Gasteiger partial charge >= 0.3 is 0 Å². The Kier molecular flexibility index (Phi) is 2.16. The molecule has 2 N–H and O–H groups in total. The lowest BCUT2D eigenvalue weighted by atomic mass is 9.83. The van der Waals surface area contributed by atoms with E-state index in [2.05, 4.69) is 0 Å². The molecule has 0 amide bonds. The van der Waals surface area contributed by atoms with Crippen LogP contribution in [0.1, 0.15) is 25.7 Å². The number of aliphatic hydroxyl groups is 2. The number of aliphatic hydroxyl groups excluding tert-OH is 1. The fourth-order valence-electron chi connectivity index (χ4n) is 1.24. The van der Waals surface area contributed by atoms with Gasteiger partial charge in [0.1, 0.15) is 0 Å². The Morgan fingerprint density at radius 2 is 1.55 bits per heavy atom. The molecule has 2 nitrogen and oxygen atoms in total. The molecule has 1 fully saturated rings.